The zero-order valence-electron chi connectivity index (χ0n) is 20.5. The van der Waals surface area contributed by atoms with Gasteiger partial charge in [-0.3, -0.25) is 4.90 Å². The first-order chi connectivity index (χ1) is 17.5. The Morgan fingerprint density at radius 2 is 1.81 bits per heavy atom. The number of aromatic amines is 1. The number of aryl methyl sites for hydroxylation is 1. The normalized spacial score (nSPS) is 16.2. The molecule has 2 aromatic heterocycles. The molecule has 0 saturated carbocycles. The number of aldehydes is 1. The summed E-state index contributed by atoms with van der Waals surface area (Å²) in [6.07, 6.45) is 6.21. The minimum atomic E-state index is -0.158. The van der Waals surface area contributed by atoms with E-state index in [9.17, 15) is 4.79 Å². The fraction of sp³-hybridized carbons (Fsp3) is 0.310. The van der Waals surface area contributed by atoms with Crippen molar-refractivity contribution in [3.63, 3.8) is 0 Å². The number of rotatable bonds is 8. The van der Waals surface area contributed by atoms with Crippen LogP contribution < -0.4 is 10.6 Å². The van der Waals surface area contributed by atoms with Crippen LogP contribution in [0.2, 0.25) is 5.02 Å². The molecular formula is C29H32ClN5O. The Morgan fingerprint density at radius 3 is 2.50 bits per heavy atom. The van der Waals surface area contributed by atoms with Crippen LogP contribution in [0.25, 0.3) is 22.2 Å². The third-order valence-corrected chi connectivity index (χ3v) is 7.46. The standard InChI is InChI=1S/C29H32ClN5O/c1-20-17-32-29-27(20)28(25(18-33-29)23-5-3-2-4-6-23)35-13-11-34(12-14-35)26(31)16-22(19-36)15-21-7-9-24(30)10-8-21/h2-10,17-19,22,26H,11-16,31H2,1H3,(H,32,33). The summed E-state index contributed by atoms with van der Waals surface area (Å²) < 4.78 is 0. The maximum absolute atomic E-state index is 11.8. The average Bonchev–Trinajstić information content (AvgIpc) is 3.30. The highest BCUT2D eigenvalue weighted by atomic mass is 35.5. The summed E-state index contributed by atoms with van der Waals surface area (Å²) in [7, 11) is 0. The van der Waals surface area contributed by atoms with Gasteiger partial charge >= 0.3 is 0 Å². The molecule has 3 heterocycles. The van der Waals surface area contributed by atoms with Gasteiger partial charge in [-0.05, 0) is 48.6 Å². The number of anilines is 1. The van der Waals surface area contributed by atoms with E-state index in [4.69, 9.17) is 22.3 Å². The molecule has 0 bridgehead atoms. The number of fused-ring (bicyclic) bond motifs is 1. The number of piperazine rings is 1. The molecule has 5 rings (SSSR count). The molecule has 2 aromatic carbocycles. The van der Waals surface area contributed by atoms with Crippen molar-refractivity contribution < 1.29 is 4.79 Å². The second-order valence-electron chi connectivity index (χ2n) is 9.63. The molecule has 7 heteroatoms. The van der Waals surface area contributed by atoms with Gasteiger partial charge in [-0.2, -0.15) is 0 Å². The second-order valence-corrected chi connectivity index (χ2v) is 10.1. The van der Waals surface area contributed by atoms with Crippen molar-refractivity contribution in [2.24, 2.45) is 11.7 Å². The first kappa shape index (κ1) is 24.5. The predicted octanol–water partition coefficient (Wildman–Crippen LogP) is 5.05. The Labute approximate surface area is 217 Å². The molecule has 0 spiro atoms. The van der Waals surface area contributed by atoms with Crippen molar-refractivity contribution in [3.05, 3.63) is 83.1 Å². The Balaban J connectivity index is 1.30. The molecule has 0 aliphatic carbocycles. The number of nitrogens with two attached hydrogens (primary N) is 1. The van der Waals surface area contributed by atoms with Crippen molar-refractivity contribution in [2.75, 3.05) is 31.1 Å². The third-order valence-electron chi connectivity index (χ3n) is 7.20. The molecule has 1 aliphatic heterocycles. The topological polar surface area (TPSA) is 78.2 Å². The number of H-pyrrole nitrogens is 1. The van der Waals surface area contributed by atoms with Gasteiger partial charge in [0, 0.05) is 60.5 Å². The summed E-state index contributed by atoms with van der Waals surface area (Å²) in [5.74, 6) is -0.119. The fourth-order valence-electron chi connectivity index (χ4n) is 5.24. The van der Waals surface area contributed by atoms with Crippen molar-refractivity contribution >= 4 is 34.6 Å². The molecule has 1 aliphatic rings. The molecule has 1 saturated heterocycles. The quantitative estimate of drug-likeness (QED) is 0.330. The minimum Gasteiger partial charge on any atom is -0.368 e. The van der Waals surface area contributed by atoms with Gasteiger partial charge in [0.25, 0.3) is 0 Å². The number of nitrogens with one attached hydrogen (secondary N) is 1. The van der Waals surface area contributed by atoms with Crippen molar-refractivity contribution in [1.82, 2.24) is 14.9 Å². The lowest BCUT2D eigenvalue weighted by Gasteiger charge is -2.40. The van der Waals surface area contributed by atoms with Gasteiger partial charge in [0.2, 0.25) is 0 Å². The molecule has 2 unspecified atom stereocenters. The number of carbonyl (C=O) groups is 1. The van der Waals surface area contributed by atoms with Crippen LogP contribution in [-0.4, -0.2) is 53.5 Å². The van der Waals surface area contributed by atoms with Crippen LogP contribution in [0.1, 0.15) is 17.5 Å². The molecule has 6 nitrogen and oxygen atoms in total. The van der Waals surface area contributed by atoms with Crippen molar-refractivity contribution in [3.8, 4) is 11.1 Å². The lowest BCUT2D eigenvalue weighted by Crippen LogP contribution is -2.54. The zero-order chi connectivity index (χ0) is 25.1. The van der Waals surface area contributed by atoms with Gasteiger partial charge in [0.05, 0.1) is 11.9 Å². The van der Waals surface area contributed by atoms with Crippen LogP contribution >= 0.6 is 11.6 Å². The lowest BCUT2D eigenvalue weighted by molar-refractivity contribution is -0.111. The maximum Gasteiger partial charge on any atom is 0.139 e. The van der Waals surface area contributed by atoms with Gasteiger partial charge in [-0.1, -0.05) is 54.1 Å². The molecule has 4 aromatic rings. The Hall–Kier alpha value is -3.19. The molecule has 2 atom stereocenters. The molecule has 0 amide bonds. The highest BCUT2D eigenvalue weighted by molar-refractivity contribution is 6.30. The van der Waals surface area contributed by atoms with E-state index in [0.29, 0.717) is 17.9 Å². The van der Waals surface area contributed by atoms with Gasteiger partial charge < -0.3 is 20.4 Å². The van der Waals surface area contributed by atoms with Gasteiger partial charge in [0.15, 0.2) is 0 Å². The van der Waals surface area contributed by atoms with E-state index < -0.39 is 0 Å². The third kappa shape index (κ3) is 5.16. The summed E-state index contributed by atoms with van der Waals surface area (Å²) in [6.45, 7) is 5.54. The zero-order valence-corrected chi connectivity index (χ0v) is 21.3. The maximum atomic E-state index is 11.8. The van der Waals surface area contributed by atoms with Crippen LogP contribution in [-0.2, 0) is 11.2 Å². The number of nitrogens with zero attached hydrogens (tertiary/aromatic N) is 3. The number of hydrogen-bond donors (Lipinski definition) is 2. The SMILES string of the molecule is Cc1c[nH]c2ncc(-c3ccccc3)c(N3CCN(C(N)CC(C=O)Cc4ccc(Cl)cc4)CC3)c12. The molecule has 36 heavy (non-hydrogen) atoms. The molecular weight excluding hydrogens is 470 g/mol. The first-order valence-corrected chi connectivity index (χ1v) is 12.9. The number of benzene rings is 2. The van der Waals surface area contributed by atoms with E-state index in [-0.39, 0.29) is 12.1 Å². The Bertz CT molecular complexity index is 1310. The molecule has 3 N–H and O–H groups in total. The van der Waals surface area contributed by atoms with Crippen LogP contribution in [0, 0.1) is 12.8 Å². The number of aromatic nitrogens is 2. The van der Waals surface area contributed by atoms with E-state index in [2.05, 4.69) is 46.0 Å². The summed E-state index contributed by atoms with van der Waals surface area (Å²) in [6, 6.07) is 18.1. The van der Waals surface area contributed by atoms with Gasteiger partial charge in [-0.25, -0.2) is 4.98 Å². The van der Waals surface area contributed by atoms with E-state index in [0.717, 1.165) is 54.8 Å². The molecule has 186 valence electrons. The summed E-state index contributed by atoms with van der Waals surface area (Å²) in [4.78, 5) is 24.6. The number of pyridine rings is 1. The smallest absolute Gasteiger partial charge is 0.139 e. The summed E-state index contributed by atoms with van der Waals surface area (Å²) in [5.41, 5.74) is 13.4. The monoisotopic (exact) mass is 501 g/mol. The minimum absolute atomic E-state index is 0.119. The first-order valence-electron chi connectivity index (χ1n) is 12.5. The average molecular weight is 502 g/mol. The highest BCUT2D eigenvalue weighted by Crippen LogP contribution is 2.38. The van der Waals surface area contributed by atoms with E-state index in [1.807, 2.05) is 42.7 Å². The van der Waals surface area contributed by atoms with Gasteiger partial charge in [0.1, 0.15) is 11.9 Å². The van der Waals surface area contributed by atoms with Crippen LogP contribution in [0.15, 0.2) is 67.0 Å². The van der Waals surface area contributed by atoms with E-state index >= 15 is 0 Å². The van der Waals surface area contributed by atoms with E-state index in [1.165, 1.54) is 16.6 Å². The number of hydrogen-bond acceptors (Lipinski definition) is 5. The lowest BCUT2D eigenvalue weighted by atomic mass is 9.95. The van der Waals surface area contributed by atoms with Crippen molar-refractivity contribution in [1.29, 1.82) is 0 Å². The van der Waals surface area contributed by atoms with Crippen LogP contribution in [0.4, 0.5) is 5.69 Å². The predicted molar refractivity (Wildman–Crippen MR) is 147 cm³/mol. The summed E-state index contributed by atoms with van der Waals surface area (Å²) in [5, 5.41) is 1.88. The molecule has 0 radical (unpaired) electrons. The second kappa shape index (κ2) is 10.8. The number of halogens is 1. The van der Waals surface area contributed by atoms with Gasteiger partial charge in [-0.15, -0.1) is 0 Å². The largest absolute Gasteiger partial charge is 0.368 e. The van der Waals surface area contributed by atoms with Crippen LogP contribution in [0.5, 0.6) is 0 Å². The van der Waals surface area contributed by atoms with Crippen LogP contribution in [0.3, 0.4) is 0 Å². The number of carbonyl (C=O) groups excluding carboxylic acids is 1. The highest BCUT2D eigenvalue weighted by Gasteiger charge is 2.27. The fourth-order valence-corrected chi connectivity index (χ4v) is 5.36. The van der Waals surface area contributed by atoms with E-state index in [1.54, 1.807) is 0 Å². The van der Waals surface area contributed by atoms with Crippen molar-refractivity contribution in [2.45, 2.75) is 25.9 Å². The Kier molecular flexibility index (Phi) is 7.37. The summed E-state index contributed by atoms with van der Waals surface area (Å²) >= 11 is 6.00. The molecule has 1 fully saturated rings. The Morgan fingerprint density at radius 1 is 1.08 bits per heavy atom.